The van der Waals surface area contributed by atoms with Crippen LogP contribution in [0, 0.1) is 0 Å². The second-order valence-corrected chi connectivity index (χ2v) is 7.57. The maximum Gasteiger partial charge on any atom is 0.0679 e. The van der Waals surface area contributed by atoms with Crippen molar-refractivity contribution >= 4 is 27.2 Å². The molecule has 0 spiro atoms. The van der Waals surface area contributed by atoms with Gasteiger partial charge < -0.3 is 9.67 Å². The first-order valence-electron chi connectivity index (χ1n) is 11.2. The Labute approximate surface area is 186 Å². The number of benzene rings is 2. The molecule has 0 aliphatic carbocycles. The first-order valence-corrected chi connectivity index (χ1v) is 11.2. The van der Waals surface area contributed by atoms with Gasteiger partial charge in [0.15, 0.2) is 0 Å². The molecule has 1 heterocycles. The Balaban J connectivity index is 2.23. The Morgan fingerprint density at radius 3 is 2.52 bits per heavy atom. The van der Waals surface area contributed by atoms with Gasteiger partial charge in [0.1, 0.15) is 0 Å². The number of nitrogens with zero attached hydrogens (tertiary/aromatic N) is 1. The van der Waals surface area contributed by atoms with Gasteiger partial charge in [-0.1, -0.05) is 92.8 Å². The maximum atomic E-state index is 9.78. The summed E-state index contributed by atoms with van der Waals surface area (Å²) >= 11 is 0. The molecule has 0 amide bonds. The molecule has 3 aromatic rings. The molecule has 0 unspecified atom stereocenters. The van der Waals surface area contributed by atoms with Crippen molar-refractivity contribution in [2.24, 2.45) is 0 Å². The third-order valence-electron chi connectivity index (χ3n) is 5.39. The highest BCUT2D eigenvalue weighted by Crippen LogP contribution is 2.32. The summed E-state index contributed by atoms with van der Waals surface area (Å²) in [5, 5.41) is 13.6. The van der Waals surface area contributed by atoms with Crippen LogP contribution < -0.4 is 0 Å². The third kappa shape index (κ3) is 5.34. The van der Waals surface area contributed by atoms with Crippen LogP contribution in [0.5, 0.6) is 0 Å². The molecule has 0 saturated carbocycles. The number of rotatable bonds is 9. The standard InChI is InChI=1S/C29H33NO/c1-4-7-9-15-25(12-6-3)29-21-27-26-16-11-10-14-24(26)17-18-28(27)30(29)20-19-23(22-31)13-8-5-2/h6-19,21,31H,4-5,20,22H2,1-3H3/b9-7+,12-6-,13-8-,23-19+,25-15+. The normalized spacial score (nSPS) is 13.7. The fourth-order valence-corrected chi connectivity index (χ4v) is 3.83. The molecule has 160 valence electrons. The van der Waals surface area contributed by atoms with Gasteiger partial charge in [-0.05, 0) is 53.8 Å². The van der Waals surface area contributed by atoms with Crippen molar-refractivity contribution in [3.63, 3.8) is 0 Å². The zero-order valence-electron chi connectivity index (χ0n) is 18.9. The number of hydrogen-bond donors (Lipinski definition) is 1. The summed E-state index contributed by atoms with van der Waals surface area (Å²) in [4.78, 5) is 0. The minimum Gasteiger partial charge on any atom is -0.392 e. The number of fused-ring (bicyclic) bond motifs is 3. The van der Waals surface area contributed by atoms with Crippen molar-refractivity contribution in [3.05, 3.63) is 102 Å². The van der Waals surface area contributed by atoms with Gasteiger partial charge in [0.2, 0.25) is 0 Å². The molecule has 0 aliphatic rings. The van der Waals surface area contributed by atoms with Crippen LogP contribution in [0.15, 0.2) is 96.6 Å². The topological polar surface area (TPSA) is 25.2 Å². The largest absolute Gasteiger partial charge is 0.392 e. The molecule has 0 atom stereocenters. The maximum absolute atomic E-state index is 9.78. The lowest BCUT2D eigenvalue weighted by molar-refractivity contribution is 0.334. The second kappa shape index (κ2) is 11.3. The van der Waals surface area contributed by atoms with Crippen LogP contribution in [0.1, 0.15) is 39.3 Å². The van der Waals surface area contributed by atoms with Crippen LogP contribution in [0.25, 0.3) is 27.2 Å². The first kappa shape index (κ1) is 22.6. The molecule has 0 bridgehead atoms. The van der Waals surface area contributed by atoms with E-state index in [9.17, 15) is 5.11 Å². The van der Waals surface area contributed by atoms with Crippen molar-refractivity contribution in [1.82, 2.24) is 4.57 Å². The van der Waals surface area contributed by atoms with E-state index in [0.717, 1.165) is 18.4 Å². The molecule has 0 saturated heterocycles. The fourth-order valence-electron chi connectivity index (χ4n) is 3.83. The SMILES string of the molecule is C\C=C/C(=C\C=C\CC)c1cc2c3ccccc3ccc2n1C/C=C(\C=C/CC)CO. The van der Waals surface area contributed by atoms with Crippen molar-refractivity contribution in [2.75, 3.05) is 6.61 Å². The zero-order chi connectivity index (χ0) is 22.1. The summed E-state index contributed by atoms with van der Waals surface area (Å²) in [5.41, 5.74) is 4.50. The highest BCUT2D eigenvalue weighted by molar-refractivity contribution is 6.08. The molecule has 31 heavy (non-hydrogen) atoms. The molecule has 3 rings (SSSR count). The predicted octanol–water partition coefficient (Wildman–Crippen LogP) is 7.61. The van der Waals surface area contributed by atoms with Crippen LogP contribution in [0.4, 0.5) is 0 Å². The smallest absolute Gasteiger partial charge is 0.0679 e. The van der Waals surface area contributed by atoms with E-state index in [2.05, 4.69) is 110 Å². The molecule has 0 aliphatic heterocycles. The van der Waals surface area contributed by atoms with Crippen LogP contribution in [-0.4, -0.2) is 16.3 Å². The highest BCUT2D eigenvalue weighted by atomic mass is 16.3. The Morgan fingerprint density at radius 2 is 1.77 bits per heavy atom. The minimum atomic E-state index is 0.0464. The highest BCUT2D eigenvalue weighted by Gasteiger charge is 2.13. The van der Waals surface area contributed by atoms with E-state index in [1.165, 1.54) is 32.9 Å². The Bertz CT molecular complexity index is 1170. The molecule has 1 aromatic heterocycles. The zero-order valence-corrected chi connectivity index (χ0v) is 18.9. The van der Waals surface area contributed by atoms with Crippen molar-refractivity contribution in [2.45, 2.75) is 40.2 Å². The van der Waals surface area contributed by atoms with Gasteiger partial charge in [-0.3, -0.25) is 0 Å². The van der Waals surface area contributed by atoms with Crippen molar-refractivity contribution < 1.29 is 5.11 Å². The number of aliphatic hydroxyl groups is 1. The van der Waals surface area contributed by atoms with Gasteiger partial charge in [-0.25, -0.2) is 0 Å². The molecule has 1 N–H and O–H groups in total. The van der Waals surface area contributed by atoms with E-state index < -0.39 is 0 Å². The quantitative estimate of drug-likeness (QED) is 0.360. The molecular weight excluding hydrogens is 378 g/mol. The molecule has 2 aromatic carbocycles. The lowest BCUT2D eigenvalue weighted by Crippen LogP contribution is -2.02. The number of allylic oxidation sites excluding steroid dienone is 8. The monoisotopic (exact) mass is 411 g/mol. The molecule has 2 heteroatoms. The van der Waals surface area contributed by atoms with Gasteiger partial charge >= 0.3 is 0 Å². The second-order valence-electron chi connectivity index (χ2n) is 7.57. The van der Waals surface area contributed by atoms with Gasteiger partial charge in [-0.15, -0.1) is 0 Å². The Kier molecular flexibility index (Phi) is 8.26. The number of hydrogen-bond acceptors (Lipinski definition) is 1. The Morgan fingerprint density at radius 1 is 0.968 bits per heavy atom. The minimum absolute atomic E-state index is 0.0464. The molecular formula is C29H33NO. The molecule has 0 fully saturated rings. The van der Waals surface area contributed by atoms with E-state index in [1.54, 1.807) is 0 Å². The first-order chi connectivity index (χ1) is 15.2. The number of aromatic nitrogens is 1. The summed E-state index contributed by atoms with van der Waals surface area (Å²) in [6.45, 7) is 7.05. The lowest BCUT2D eigenvalue weighted by atomic mass is 10.1. The average Bonchev–Trinajstić information content (AvgIpc) is 3.17. The summed E-state index contributed by atoms with van der Waals surface area (Å²) < 4.78 is 2.35. The van der Waals surface area contributed by atoms with E-state index >= 15 is 0 Å². The van der Waals surface area contributed by atoms with Gasteiger partial charge in [0, 0.05) is 23.1 Å². The summed E-state index contributed by atoms with van der Waals surface area (Å²) in [6, 6.07) is 15.3. The predicted molar refractivity (Wildman–Crippen MR) is 136 cm³/mol. The van der Waals surface area contributed by atoms with Crippen LogP contribution in [0.2, 0.25) is 0 Å². The molecule has 0 radical (unpaired) electrons. The summed E-state index contributed by atoms with van der Waals surface area (Å²) in [7, 11) is 0. The van der Waals surface area contributed by atoms with Crippen LogP contribution in [0.3, 0.4) is 0 Å². The average molecular weight is 412 g/mol. The lowest BCUT2D eigenvalue weighted by Gasteiger charge is -2.11. The van der Waals surface area contributed by atoms with Crippen LogP contribution >= 0.6 is 0 Å². The van der Waals surface area contributed by atoms with Crippen LogP contribution in [-0.2, 0) is 6.54 Å². The molecule has 2 nitrogen and oxygen atoms in total. The third-order valence-corrected chi connectivity index (χ3v) is 5.39. The van der Waals surface area contributed by atoms with Gasteiger partial charge in [-0.2, -0.15) is 0 Å². The van der Waals surface area contributed by atoms with E-state index in [0.29, 0.717) is 6.54 Å². The number of aliphatic hydroxyl groups excluding tert-OH is 1. The van der Waals surface area contributed by atoms with Gasteiger partial charge in [0.25, 0.3) is 0 Å². The van der Waals surface area contributed by atoms with E-state index in [4.69, 9.17) is 0 Å². The fraction of sp³-hybridized carbons (Fsp3) is 0.241. The van der Waals surface area contributed by atoms with E-state index in [-0.39, 0.29) is 6.61 Å². The van der Waals surface area contributed by atoms with Crippen molar-refractivity contribution in [1.29, 1.82) is 0 Å². The summed E-state index contributed by atoms with van der Waals surface area (Å²) in [5.74, 6) is 0. The van der Waals surface area contributed by atoms with E-state index in [1.807, 2.05) is 6.08 Å². The Hall–Kier alpha value is -3.10. The van der Waals surface area contributed by atoms with Gasteiger partial charge in [0.05, 0.1) is 6.61 Å². The van der Waals surface area contributed by atoms with Crippen molar-refractivity contribution in [3.8, 4) is 0 Å². The summed E-state index contributed by atoms with van der Waals surface area (Å²) in [6.07, 6.45) is 18.9.